The summed E-state index contributed by atoms with van der Waals surface area (Å²) < 4.78 is 1.75. The molecule has 2 aromatic heterocycles. The van der Waals surface area contributed by atoms with Gasteiger partial charge < -0.3 is 5.32 Å². The number of carbonyl (C=O) groups excluding carboxylic acids is 2. The molecular formula is C25H22N4O2S. The summed E-state index contributed by atoms with van der Waals surface area (Å²) in [6.07, 6.45) is 7.92. The molecule has 1 atom stereocenters. The summed E-state index contributed by atoms with van der Waals surface area (Å²) in [4.78, 5) is 28.4. The maximum Gasteiger partial charge on any atom is 0.303 e. The van der Waals surface area contributed by atoms with Crippen molar-refractivity contribution in [2.75, 3.05) is 11.4 Å². The maximum absolute atomic E-state index is 13.4. The van der Waals surface area contributed by atoms with Gasteiger partial charge in [0.2, 0.25) is 5.91 Å². The maximum atomic E-state index is 13.4. The number of carbonyl (C=O) groups is 2. The summed E-state index contributed by atoms with van der Waals surface area (Å²) in [5.41, 5.74) is 2.59. The van der Waals surface area contributed by atoms with Crippen LogP contribution in [0.15, 0.2) is 72.2 Å². The van der Waals surface area contributed by atoms with Crippen molar-refractivity contribution in [3.05, 3.63) is 82.7 Å². The van der Waals surface area contributed by atoms with Gasteiger partial charge in [0.05, 0.1) is 11.7 Å². The number of terminal acetylenes is 1. The van der Waals surface area contributed by atoms with Gasteiger partial charge >= 0.3 is 5.91 Å². The molecule has 6 nitrogen and oxygen atoms in total. The Hall–Kier alpha value is -3.89. The normalized spacial score (nSPS) is 11.6. The third kappa shape index (κ3) is 4.41. The number of hydrogen-bond acceptors (Lipinski definition) is 4. The Balaban J connectivity index is 1.65. The molecule has 0 fully saturated rings. The molecule has 0 aliphatic rings. The van der Waals surface area contributed by atoms with Gasteiger partial charge in [0.25, 0.3) is 0 Å². The summed E-state index contributed by atoms with van der Waals surface area (Å²) >= 11 is 1.41. The molecular weight excluding hydrogens is 420 g/mol. The van der Waals surface area contributed by atoms with Crippen LogP contribution in [-0.4, -0.2) is 28.1 Å². The van der Waals surface area contributed by atoms with E-state index >= 15 is 0 Å². The third-order valence-corrected chi connectivity index (χ3v) is 6.15. The number of nitrogens with zero attached hydrogens (tertiary/aromatic N) is 3. The number of hydrogen-bond donors (Lipinski definition) is 1. The molecule has 160 valence electrons. The van der Waals surface area contributed by atoms with Gasteiger partial charge in [-0.3, -0.25) is 19.2 Å². The smallest absolute Gasteiger partial charge is 0.303 e. The predicted octanol–water partition coefficient (Wildman–Crippen LogP) is 3.70. The first-order valence-electron chi connectivity index (χ1n) is 10.1. The second-order valence-corrected chi connectivity index (χ2v) is 8.25. The number of fused-ring (bicyclic) bond motifs is 1. The van der Waals surface area contributed by atoms with E-state index in [2.05, 4.69) is 16.3 Å². The fourth-order valence-electron chi connectivity index (χ4n) is 3.65. The lowest BCUT2D eigenvalue weighted by Crippen LogP contribution is -2.43. The molecule has 7 heteroatoms. The van der Waals surface area contributed by atoms with E-state index in [1.165, 1.54) is 16.2 Å². The Morgan fingerprint density at radius 3 is 2.72 bits per heavy atom. The topological polar surface area (TPSA) is 67.2 Å². The Kier molecular flexibility index (Phi) is 6.34. The molecule has 0 radical (unpaired) electrons. The second kappa shape index (κ2) is 9.50. The lowest BCUT2D eigenvalue weighted by atomic mass is 10.1. The quantitative estimate of drug-likeness (QED) is 0.444. The van der Waals surface area contributed by atoms with Crippen molar-refractivity contribution in [1.29, 1.82) is 0 Å². The number of nitrogens with one attached hydrogen (secondary N) is 1. The number of benzene rings is 2. The summed E-state index contributed by atoms with van der Waals surface area (Å²) in [5.74, 6) is 1.33. The molecule has 2 amide bonds. The van der Waals surface area contributed by atoms with Crippen LogP contribution in [0.2, 0.25) is 0 Å². The highest BCUT2D eigenvalue weighted by Crippen LogP contribution is 2.32. The van der Waals surface area contributed by atoms with E-state index in [0.29, 0.717) is 18.7 Å². The molecule has 4 aromatic rings. The van der Waals surface area contributed by atoms with Crippen molar-refractivity contribution in [3.8, 4) is 12.3 Å². The van der Waals surface area contributed by atoms with Crippen LogP contribution in [0.3, 0.4) is 0 Å². The minimum Gasteiger partial charge on any atom is -0.354 e. The summed E-state index contributed by atoms with van der Waals surface area (Å²) in [7, 11) is 1.85. The molecule has 0 saturated heterocycles. The number of aryl methyl sites for hydroxylation is 1. The van der Waals surface area contributed by atoms with Gasteiger partial charge in [-0.15, -0.1) is 17.8 Å². The van der Waals surface area contributed by atoms with Crippen molar-refractivity contribution < 1.29 is 9.59 Å². The van der Waals surface area contributed by atoms with Crippen LogP contribution in [0.1, 0.15) is 16.5 Å². The Morgan fingerprint density at radius 2 is 2.00 bits per heavy atom. The van der Waals surface area contributed by atoms with Crippen molar-refractivity contribution in [1.82, 2.24) is 15.1 Å². The fourth-order valence-corrected chi connectivity index (χ4v) is 4.46. The van der Waals surface area contributed by atoms with Crippen molar-refractivity contribution in [2.24, 2.45) is 7.05 Å². The van der Waals surface area contributed by atoms with Gasteiger partial charge in [-0.25, -0.2) is 0 Å². The minimum atomic E-state index is -0.872. The lowest BCUT2D eigenvalue weighted by molar-refractivity contribution is -0.125. The standard InChI is InChI=1S/C25H22N4O2S/c1-3-23(30)29(20-11-12-21-19(16-20)17-27-28(21)2)24(22-10-7-15-32-22)25(31)26-14-13-18-8-5-4-6-9-18/h1,4-12,15-17,24H,13-14H2,2H3,(H,26,31). The number of thiophene rings is 1. The number of anilines is 1. The number of rotatable bonds is 7. The Morgan fingerprint density at radius 1 is 1.19 bits per heavy atom. The number of amides is 2. The first-order chi connectivity index (χ1) is 15.6. The van der Waals surface area contributed by atoms with Crippen LogP contribution >= 0.6 is 11.3 Å². The average Bonchev–Trinajstić information content (AvgIpc) is 3.47. The zero-order chi connectivity index (χ0) is 22.5. The molecule has 0 aliphatic heterocycles. The number of aromatic nitrogens is 2. The van der Waals surface area contributed by atoms with Gasteiger partial charge in [0.15, 0.2) is 6.04 Å². The molecule has 0 aliphatic carbocycles. The highest BCUT2D eigenvalue weighted by atomic mass is 32.1. The van der Waals surface area contributed by atoms with E-state index in [1.54, 1.807) is 16.9 Å². The van der Waals surface area contributed by atoms with Gasteiger partial charge in [-0.05, 0) is 47.6 Å². The van der Waals surface area contributed by atoms with Gasteiger partial charge in [-0.2, -0.15) is 5.10 Å². The zero-order valence-electron chi connectivity index (χ0n) is 17.6. The molecule has 1 N–H and O–H groups in total. The molecule has 1 unspecified atom stereocenters. The zero-order valence-corrected chi connectivity index (χ0v) is 18.4. The molecule has 32 heavy (non-hydrogen) atoms. The van der Waals surface area contributed by atoms with Crippen LogP contribution in [0, 0.1) is 12.3 Å². The molecule has 4 rings (SSSR count). The van der Waals surface area contributed by atoms with Crippen LogP contribution in [0.25, 0.3) is 10.9 Å². The van der Waals surface area contributed by atoms with E-state index in [-0.39, 0.29) is 5.91 Å². The van der Waals surface area contributed by atoms with E-state index in [1.807, 2.05) is 67.0 Å². The summed E-state index contributed by atoms with van der Waals surface area (Å²) in [5, 5.41) is 9.97. The van der Waals surface area contributed by atoms with Crippen LogP contribution in [0.4, 0.5) is 5.69 Å². The first kappa shape index (κ1) is 21.3. The largest absolute Gasteiger partial charge is 0.354 e. The second-order valence-electron chi connectivity index (χ2n) is 7.28. The molecule has 2 heterocycles. The van der Waals surface area contributed by atoms with E-state index in [9.17, 15) is 9.59 Å². The van der Waals surface area contributed by atoms with E-state index in [0.717, 1.165) is 21.3 Å². The van der Waals surface area contributed by atoms with Crippen molar-refractivity contribution >= 4 is 39.7 Å². The fraction of sp³-hybridized carbons (Fsp3) is 0.160. The van der Waals surface area contributed by atoms with Gasteiger partial charge in [-0.1, -0.05) is 36.4 Å². The van der Waals surface area contributed by atoms with Crippen molar-refractivity contribution in [2.45, 2.75) is 12.5 Å². The highest BCUT2D eigenvalue weighted by molar-refractivity contribution is 7.10. The van der Waals surface area contributed by atoms with Gasteiger partial charge in [0, 0.05) is 29.5 Å². The van der Waals surface area contributed by atoms with E-state index in [4.69, 9.17) is 6.42 Å². The average molecular weight is 443 g/mol. The first-order valence-corrected chi connectivity index (χ1v) is 11.0. The Labute approximate surface area is 190 Å². The third-order valence-electron chi connectivity index (χ3n) is 5.23. The van der Waals surface area contributed by atoms with Crippen LogP contribution in [0.5, 0.6) is 0 Å². The highest BCUT2D eigenvalue weighted by Gasteiger charge is 2.33. The monoisotopic (exact) mass is 442 g/mol. The molecule has 0 saturated carbocycles. The van der Waals surface area contributed by atoms with Crippen molar-refractivity contribution in [3.63, 3.8) is 0 Å². The predicted molar refractivity (Wildman–Crippen MR) is 127 cm³/mol. The summed E-state index contributed by atoms with van der Waals surface area (Å²) in [6, 6.07) is 18.2. The van der Waals surface area contributed by atoms with E-state index < -0.39 is 11.9 Å². The van der Waals surface area contributed by atoms with Crippen LogP contribution < -0.4 is 10.2 Å². The SMILES string of the molecule is C#CC(=O)N(c1ccc2c(cnn2C)c1)C(C(=O)NCCc1ccccc1)c1cccs1. The van der Waals surface area contributed by atoms with Gasteiger partial charge in [0.1, 0.15) is 0 Å². The molecule has 0 spiro atoms. The minimum absolute atomic E-state index is 0.279. The Bertz CT molecular complexity index is 1270. The van der Waals surface area contributed by atoms with Crippen LogP contribution in [-0.2, 0) is 23.1 Å². The lowest BCUT2D eigenvalue weighted by Gasteiger charge is -2.29. The molecule has 2 aromatic carbocycles. The summed E-state index contributed by atoms with van der Waals surface area (Å²) in [6.45, 7) is 0.449. The molecule has 0 bridgehead atoms.